The van der Waals surface area contributed by atoms with Crippen LogP contribution in [0.25, 0.3) is 0 Å². The van der Waals surface area contributed by atoms with E-state index < -0.39 is 0 Å². The smallest absolute Gasteiger partial charge is 0.223 e. The molecule has 22 heavy (non-hydrogen) atoms. The van der Waals surface area contributed by atoms with Crippen molar-refractivity contribution in [3.05, 3.63) is 23.7 Å². The number of hydrogen-bond acceptors (Lipinski definition) is 6. The average molecular weight is 320 g/mol. The van der Waals surface area contributed by atoms with Crippen LogP contribution < -0.4 is 5.32 Å². The fourth-order valence-electron chi connectivity index (χ4n) is 2.85. The highest BCUT2D eigenvalue weighted by Gasteiger charge is 2.21. The maximum absolute atomic E-state index is 11.0. The van der Waals surface area contributed by atoms with E-state index in [1.807, 2.05) is 10.1 Å². The number of nitrogens with one attached hydrogen (secondary N) is 1. The number of aromatic nitrogens is 4. The summed E-state index contributed by atoms with van der Waals surface area (Å²) in [6.07, 6.45) is 5.78. The Kier molecular flexibility index (Phi) is 4.79. The van der Waals surface area contributed by atoms with E-state index in [4.69, 9.17) is 0 Å². The molecule has 7 nitrogen and oxygen atoms in total. The Balaban J connectivity index is 1.53. The van der Waals surface area contributed by atoms with Crippen molar-refractivity contribution in [3.63, 3.8) is 0 Å². The topological polar surface area (TPSA) is 75.9 Å². The Hall–Kier alpha value is -1.80. The number of hydrogen-bond donors (Lipinski definition) is 1. The van der Waals surface area contributed by atoms with Gasteiger partial charge in [-0.1, -0.05) is 0 Å². The first-order valence-electron chi connectivity index (χ1n) is 7.46. The van der Waals surface area contributed by atoms with Crippen molar-refractivity contribution in [2.45, 2.75) is 32.9 Å². The molecule has 1 atom stereocenters. The predicted molar refractivity (Wildman–Crippen MR) is 84.4 cm³/mol. The molecule has 1 aliphatic rings. The second kappa shape index (κ2) is 6.97. The summed E-state index contributed by atoms with van der Waals surface area (Å²) >= 11 is 1.48. The molecule has 0 aliphatic carbocycles. The molecule has 118 valence electrons. The van der Waals surface area contributed by atoms with Gasteiger partial charge in [-0.15, -0.1) is 11.3 Å². The van der Waals surface area contributed by atoms with Crippen molar-refractivity contribution in [1.29, 1.82) is 0 Å². The van der Waals surface area contributed by atoms with Crippen LogP contribution in [-0.4, -0.2) is 43.6 Å². The van der Waals surface area contributed by atoms with Gasteiger partial charge in [0.1, 0.15) is 12.7 Å². The van der Waals surface area contributed by atoms with Gasteiger partial charge in [-0.05, 0) is 25.3 Å². The summed E-state index contributed by atoms with van der Waals surface area (Å²) in [6.45, 7) is 5.41. The summed E-state index contributed by atoms with van der Waals surface area (Å²) in [5.74, 6) is 0.524. The highest BCUT2D eigenvalue weighted by Crippen LogP contribution is 2.22. The van der Waals surface area contributed by atoms with Gasteiger partial charge < -0.3 is 5.32 Å². The first kappa shape index (κ1) is 15.1. The maximum Gasteiger partial charge on any atom is 0.223 e. The molecule has 0 bridgehead atoms. The highest BCUT2D eigenvalue weighted by molar-refractivity contribution is 7.13. The molecule has 2 aromatic rings. The fourth-order valence-corrected chi connectivity index (χ4v) is 3.60. The zero-order valence-electron chi connectivity index (χ0n) is 12.6. The third kappa shape index (κ3) is 4.11. The van der Waals surface area contributed by atoms with Crippen molar-refractivity contribution in [3.8, 4) is 0 Å². The van der Waals surface area contributed by atoms with E-state index >= 15 is 0 Å². The molecule has 1 aliphatic heterocycles. The third-order valence-electron chi connectivity index (χ3n) is 3.74. The van der Waals surface area contributed by atoms with E-state index in [0.717, 1.165) is 31.9 Å². The molecule has 1 amide bonds. The monoisotopic (exact) mass is 320 g/mol. The Morgan fingerprint density at radius 2 is 2.45 bits per heavy atom. The Labute approximate surface area is 133 Å². The van der Waals surface area contributed by atoms with Gasteiger partial charge in [-0.2, -0.15) is 5.10 Å². The molecule has 1 fully saturated rings. The number of likely N-dealkylation sites (tertiary alicyclic amines) is 1. The number of carbonyl (C=O) groups excluding carboxylic acids is 1. The van der Waals surface area contributed by atoms with E-state index in [2.05, 4.69) is 25.3 Å². The van der Waals surface area contributed by atoms with Gasteiger partial charge in [0.2, 0.25) is 5.91 Å². The van der Waals surface area contributed by atoms with Crippen LogP contribution in [0.5, 0.6) is 0 Å². The first-order valence-corrected chi connectivity index (χ1v) is 8.34. The quantitative estimate of drug-likeness (QED) is 0.906. The van der Waals surface area contributed by atoms with E-state index in [0.29, 0.717) is 11.0 Å². The molecule has 0 saturated carbocycles. The number of nitrogens with zero attached hydrogens (tertiary/aromatic N) is 5. The SMILES string of the molecule is CC(=O)Nc1nc(CN2CCCC(Cn3cncn3)C2)cs1. The average Bonchev–Trinajstić information content (AvgIpc) is 3.11. The minimum absolute atomic E-state index is 0.0771. The largest absolute Gasteiger partial charge is 0.302 e. The van der Waals surface area contributed by atoms with Gasteiger partial charge in [0.15, 0.2) is 5.13 Å². The van der Waals surface area contributed by atoms with Crippen LogP contribution in [0, 0.1) is 5.92 Å². The fraction of sp³-hybridized carbons (Fsp3) is 0.571. The summed E-state index contributed by atoms with van der Waals surface area (Å²) in [7, 11) is 0. The molecule has 0 aromatic carbocycles. The van der Waals surface area contributed by atoms with Crippen LogP contribution in [0.4, 0.5) is 5.13 Å². The van der Waals surface area contributed by atoms with Gasteiger partial charge in [-0.25, -0.2) is 9.97 Å². The minimum atomic E-state index is -0.0771. The molecule has 1 unspecified atom stereocenters. The van der Waals surface area contributed by atoms with Crippen LogP contribution in [0.15, 0.2) is 18.0 Å². The van der Waals surface area contributed by atoms with E-state index in [9.17, 15) is 4.79 Å². The van der Waals surface area contributed by atoms with Crippen molar-refractivity contribution >= 4 is 22.4 Å². The molecular formula is C14H20N6OS. The summed E-state index contributed by atoms with van der Waals surface area (Å²) in [5, 5.41) is 9.62. The highest BCUT2D eigenvalue weighted by atomic mass is 32.1. The lowest BCUT2D eigenvalue weighted by Gasteiger charge is -2.32. The molecule has 0 spiro atoms. The molecular weight excluding hydrogens is 300 g/mol. The Morgan fingerprint density at radius 3 is 3.23 bits per heavy atom. The summed E-state index contributed by atoms with van der Waals surface area (Å²) in [6, 6.07) is 0. The lowest BCUT2D eigenvalue weighted by atomic mass is 9.98. The zero-order chi connectivity index (χ0) is 15.4. The second-order valence-electron chi connectivity index (χ2n) is 5.69. The number of piperidine rings is 1. The molecule has 1 N–H and O–H groups in total. The van der Waals surface area contributed by atoms with Gasteiger partial charge in [0, 0.05) is 31.9 Å². The summed E-state index contributed by atoms with van der Waals surface area (Å²) in [5.41, 5.74) is 1.02. The third-order valence-corrected chi connectivity index (χ3v) is 4.54. The van der Waals surface area contributed by atoms with Crippen LogP contribution in [0.2, 0.25) is 0 Å². The normalized spacial score (nSPS) is 19.2. The lowest BCUT2D eigenvalue weighted by Crippen LogP contribution is -2.36. The molecule has 3 rings (SSSR count). The number of thiazole rings is 1. The molecule has 2 aromatic heterocycles. The summed E-state index contributed by atoms with van der Waals surface area (Å²) in [4.78, 5) is 21.9. The number of carbonyl (C=O) groups is 1. The molecule has 1 saturated heterocycles. The standard InChI is InChI=1S/C14H20N6OS/c1-11(21)17-14-18-13(8-22-14)7-19-4-2-3-12(5-19)6-20-10-15-9-16-20/h8-10,12H,2-7H2,1H3,(H,17,18,21). The molecule has 8 heteroatoms. The van der Waals surface area contributed by atoms with Crippen LogP contribution in [-0.2, 0) is 17.9 Å². The molecule has 3 heterocycles. The van der Waals surface area contributed by atoms with Gasteiger partial charge in [0.25, 0.3) is 0 Å². The van der Waals surface area contributed by atoms with E-state index in [1.165, 1.54) is 31.1 Å². The maximum atomic E-state index is 11.0. The minimum Gasteiger partial charge on any atom is -0.302 e. The van der Waals surface area contributed by atoms with Crippen LogP contribution in [0.1, 0.15) is 25.5 Å². The number of anilines is 1. The van der Waals surface area contributed by atoms with E-state index in [-0.39, 0.29) is 5.91 Å². The van der Waals surface area contributed by atoms with E-state index in [1.54, 1.807) is 12.7 Å². The van der Waals surface area contributed by atoms with Crippen molar-refractivity contribution in [1.82, 2.24) is 24.6 Å². The van der Waals surface area contributed by atoms with Gasteiger partial charge in [0.05, 0.1) is 5.69 Å². The molecule has 0 radical (unpaired) electrons. The first-order chi connectivity index (χ1) is 10.7. The van der Waals surface area contributed by atoms with Crippen molar-refractivity contribution < 1.29 is 4.79 Å². The second-order valence-corrected chi connectivity index (χ2v) is 6.54. The Morgan fingerprint density at radius 1 is 1.55 bits per heavy atom. The zero-order valence-corrected chi connectivity index (χ0v) is 13.4. The van der Waals surface area contributed by atoms with Gasteiger partial charge in [-0.3, -0.25) is 14.4 Å². The summed E-state index contributed by atoms with van der Waals surface area (Å²) < 4.78 is 1.91. The predicted octanol–water partition coefficient (Wildman–Crippen LogP) is 1.61. The van der Waals surface area contributed by atoms with Crippen molar-refractivity contribution in [2.24, 2.45) is 5.92 Å². The van der Waals surface area contributed by atoms with Gasteiger partial charge >= 0.3 is 0 Å². The van der Waals surface area contributed by atoms with Crippen LogP contribution >= 0.6 is 11.3 Å². The number of rotatable bonds is 5. The lowest BCUT2D eigenvalue weighted by molar-refractivity contribution is -0.114. The van der Waals surface area contributed by atoms with Crippen LogP contribution in [0.3, 0.4) is 0 Å². The Bertz CT molecular complexity index is 611. The van der Waals surface area contributed by atoms with Crippen molar-refractivity contribution in [2.75, 3.05) is 18.4 Å². The number of amides is 1.